The molecular formula is C44H80N6O8. The summed E-state index contributed by atoms with van der Waals surface area (Å²) in [4.78, 5) is 53.1. The molecule has 1 rings (SSSR count). The molecule has 0 saturated heterocycles. The van der Waals surface area contributed by atoms with E-state index in [-0.39, 0.29) is 12.2 Å². The van der Waals surface area contributed by atoms with Gasteiger partial charge < -0.3 is 50.0 Å². The predicted molar refractivity (Wildman–Crippen MR) is 231 cm³/mol. The van der Waals surface area contributed by atoms with Gasteiger partial charge in [-0.15, -0.1) is 0 Å². The number of alkyl carbamates (subject to hydrolysis) is 2. The molecule has 334 valence electrons. The number of benzene rings is 1. The molecule has 4 N–H and O–H groups in total. The van der Waals surface area contributed by atoms with Crippen LogP contribution < -0.4 is 21.3 Å². The zero-order valence-corrected chi connectivity index (χ0v) is 38.2. The summed E-state index contributed by atoms with van der Waals surface area (Å²) in [5.41, 5.74) is 0.209. The second kappa shape index (κ2) is 26.3. The van der Waals surface area contributed by atoms with E-state index in [0.717, 1.165) is 77.5 Å². The standard InChI is InChI=1S/C44H80N6O8/c1-41(2,3)55-37(51)47-27-15-19-31-49(39(53)57-43(7,8)9)29-17-13-25-45-33-35-21-23-36(24-22-35)34-46-26-14-18-30-50(40(54)58-44(10,11)12)32-20-16-28-48-38(52)56-42(4,5)6/h21-24,45-46H,13-20,25-34H2,1-12H3,(H,47,51)(H,48,52). The first-order valence-corrected chi connectivity index (χ1v) is 21.3. The van der Waals surface area contributed by atoms with E-state index in [4.69, 9.17) is 18.9 Å². The molecule has 0 aromatic heterocycles. The molecule has 1 aromatic carbocycles. The highest BCUT2D eigenvalue weighted by atomic mass is 16.6. The normalized spacial score (nSPS) is 12.1. The number of unbranched alkanes of at least 4 members (excludes halogenated alkanes) is 4. The van der Waals surface area contributed by atoms with Crippen molar-refractivity contribution in [2.45, 2.75) is 170 Å². The van der Waals surface area contributed by atoms with Crippen molar-refractivity contribution in [1.82, 2.24) is 31.1 Å². The fourth-order valence-electron chi connectivity index (χ4n) is 5.45. The Morgan fingerprint density at radius 1 is 0.431 bits per heavy atom. The van der Waals surface area contributed by atoms with Crippen molar-refractivity contribution in [2.24, 2.45) is 0 Å². The van der Waals surface area contributed by atoms with Crippen LogP contribution in [0, 0.1) is 0 Å². The van der Waals surface area contributed by atoms with Gasteiger partial charge in [-0.25, -0.2) is 19.2 Å². The van der Waals surface area contributed by atoms with Crippen LogP contribution in [0.5, 0.6) is 0 Å². The van der Waals surface area contributed by atoms with Gasteiger partial charge in [0.25, 0.3) is 0 Å². The summed E-state index contributed by atoms with van der Waals surface area (Å²) in [5.74, 6) is 0. The Morgan fingerprint density at radius 3 is 0.983 bits per heavy atom. The van der Waals surface area contributed by atoms with Crippen molar-refractivity contribution in [2.75, 3.05) is 52.4 Å². The third kappa shape index (κ3) is 29.4. The second-order valence-electron chi connectivity index (χ2n) is 18.8. The Hall–Kier alpha value is -3.78. The summed E-state index contributed by atoms with van der Waals surface area (Å²) in [6.07, 6.45) is 5.00. The summed E-state index contributed by atoms with van der Waals surface area (Å²) < 4.78 is 21.9. The summed E-state index contributed by atoms with van der Waals surface area (Å²) in [5, 5.41) is 12.6. The Kier molecular flexibility index (Phi) is 23.7. The van der Waals surface area contributed by atoms with Gasteiger partial charge in [0.2, 0.25) is 0 Å². The molecule has 0 fully saturated rings. The highest BCUT2D eigenvalue weighted by molar-refractivity contribution is 5.69. The van der Waals surface area contributed by atoms with Crippen LogP contribution in [0.3, 0.4) is 0 Å². The average molecular weight is 821 g/mol. The predicted octanol–water partition coefficient (Wildman–Crippen LogP) is 8.51. The number of carbonyl (C=O) groups excluding carboxylic acids is 4. The molecule has 0 spiro atoms. The topological polar surface area (TPSA) is 160 Å². The van der Waals surface area contributed by atoms with Gasteiger partial charge in [-0.1, -0.05) is 24.3 Å². The minimum Gasteiger partial charge on any atom is -0.444 e. The van der Waals surface area contributed by atoms with E-state index in [1.165, 1.54) is 11.1 Å². The Bertz CT molecular complexity index is 1230. The third-order valence-electron chi connectivity index (χ3n) is 8.09. The molecule has 14 nitrogen and oxygen atoms in total. The van der Waals surface area contributed by atoms with Gasteiger partial charge in [0.1, 0.15) is 22.4 Å². The number of hydrogen-bond donors (Lipinski definition) is 4. The van der Waals surface area contributed by atoms with Crippen LogP contribution in [-0.2, 0) is 32.0 Å². The van der Waals surface area contributed by atoms with Crippen molar-refractivity contribution >= 4 is 24.4 Å². The molecule has 0 aliphatic rings. The van der Waals surface area contributed by atoms with E-state index in [0.29, 0.717) is 39.3 Å². The van der Waals surface area contributed by atoms with Crippen LogP contribution in [0.4, 0.5) is 19.2 Å². The molecule has 1 aromatic rings. The Balaban J connectivity index is 2.37. The minimum absolute atomic E-state index is 0.311. The van der Waals surface area contributed by atoms with E-state index in [1.54, 1.807) is 9.80 Å². The summed E-state index contributed by atoms with van der Waals surface area (Å²) in [7, 11) is 0. The van der Waals surface area contributed by atoms with Gasteiger partial charge in [-0.05, 0) is 159 Å². The van der Waals surface area contributed by atoms with E-state index in [1.807, 2.05) is 83.1 Å². The largest absolute Gasteiger partial charge is 0.444 e. The Labute approximate surface area is 350 Å². The van der Waals surface area contributed by atoms with Gasteiger partial charge in [0, 0.05) is 52.4 Å². The van der Waals surface area contributed by atoms with E-state index >= 15 is 0 Å². The molecule has 0 unspecified atom stereocenters. The quantitative estimate of drug-likeness (QED) is 0.0588. The molecule has 0 aliphatic heterocycles. The summed E-state index contributed by atoms with van der Waals surface area (Å²) >= 11 is 0. The number of ether oxygens (including phenoxy) is 4. The second-order valence-corrected chi connectivity index (χ2v) is 18.8. The van der Waals surface area contributed by atoms with Crippen LogP contribution in [-0.4, -0.2) is 109 Å². The van der Waals surface area contributed by atoms with Crippen LogP contribution in [0.15, 0.2) is 24.3 Å². The maximum atomic E-state index is 12.9. The van der Waals surface area contributed by atoms with Crippen LogP contribution in [0.25, 0.3) is 0 Å². The lowest BCUT2D eigenvalue weighted by Crippen LogP contribution is -2.38. The van der Waals surface area contributed by atoms with Gasteiger partial charge in [0.05, 0.1) is 0 Å². The maximum absolute atomic E-state index is 12.9. The molecule has 0 atom stereocenters. The van der Waals surface area contributed by atoms with E-state index < -0.39 is 34.6 Å². The molecule has 14 heteroatoms. The van der Waals surface area contributed by atoms with Gasteiger partial charge in [0.15, 0.2) is 0 Å². The first-order chi connectivity index (χ1) is 26.9. The number of carbonyl (C=O) groups is 4. The lowest BCUT2D eigenvalue weighted by Gasteiger charge is -2.27. The minimum atomic E-state index is -0.568. The molecule has 0 saturated carbocycles. The summed E-state index contributed by atoms with van der Waals surface area (Å²) in [6, 6.07) is 8.59. The van der Waals surface area contributed by atoms with Crippen molar-refractivity contribution in [3.8, 4) is 0 Å². The monoisotopic (exact) mass is 821 g/mol. The van der Waals surface area contributed by atoms with Crippen molar-refractivity contribution < 1.29 is 38.1 Å². The number of amides is 4. The van der Waals surface area contributed by atoms with Gasteiger partial charge in [-0.2, -0.15) is 0 Å². The number of rotatable bonds is 24. The molecule has 58 heavy (non-hydrogen) atoms. The summed E-state index contributed by atoms with van der Waals surface area (Å²) in [6.45, 7) is 28.7. The van der Waals surface area contributed by atoms with Crippen molar-refractivity contribution in [3.63, 3.8) is 0 Å². The molecule has 0 aliphatic carbocycles. The SMILES string of the molecule is CC(C)(C)OC(=O)NCCCCN(CCCCNCc1ccc(CNCCCCN(CCCCNC(=O)OC(C)(C)C)C(=O)OC(C)(C)C)cc1)C(=O)OC(C)(C)C. The Morgan fingerprint density at radius 2 is 0.707 bits per heavy atom. The highest BCUT2D eigenvalue weighted by Gasteiger charge is 2.23. The van der Waals surface area contributed by atoms with Crippen molar-refractivity contribution in [3.05, 3.63) is 35.4 Å². The smallest absolute Gasteiger partial charge is 0.410 e. The molecule has 0 bridgehead atoms. The molecular weight excluding hydrogens is 741 g/mol. The zero-order valence-electron chi connectivity index (χ0n) is 38.2. The first-order valence-electron chi connectivity index (χ1n) is 21.3. The maximum Gasteiger partial charge on any atom is 0.410 e. The molecule has 4 amide bonds. The van der Waals surface area contributed by atoms with E-state index in [2.05, 4.69) is 45.5 Å². The first kappa shape index (κ1) is 52.2. The number of nitrogens with one attached hydrogen (secondary N) is 4. The van der Waals surface area contributed by atoms with E-state index in [9.17, 15) is 19.2 Å². The third-order valence-corrected chi connectivity index (χ3v) is 8.09. The number of hydrogen-bond acceptors (Lipinski definition) is 10. The van der Waals surface area contributed by atoms with Crippen LogP contribution >= 0.6 is 0 Å². The lowest BCUT2D eigenvalue weighted by atomic mass is 10.1. The number of nitrogens with zero attached hydrogens (tertiary/aromatic N) is 2. The molecule has 0 heterocycles. The average Bonchev–Trinajstić information content (AvgIpc) is 3.06. The fraction of sp³-hybridized carbons (Fsp3) is 0.773. The fourth-order valence-corrected chi connectivity index (χ4v) is 5.45. The van der Waals surface area contributed by atoms with Gasteiger partial charge in [-0.3, -0.25) is 0 Å². The highest BCUT2D eigenvalue weighted by Crippen LogP contribution is 2.14. The van der Waals surface area contributed by atoms with Crippen LogP contribution in [0.1, 0.15) is 146 Å². The van der Waals surface area contributed by atoms with Crippen LogP contribution in [0.2, 0.25) is 0 Å². The molecule has 0 radical (unpaired) electrons. The van der Waals surface area contributed by atoms with Crippen molar-refractivity contribution in [1.29, 1.82) is 0 Å². The zero-order chi connectivity index (χ0) is 43.8. The lowest BCUT2D eigenvalue weighted by molar-refractivity contribution is 0.0233. The van der Waals surface area contributed by atoms with Gasteiger partial charge >= 0.3 is 24.4 Å².